The summed E-state index contributed by atoms with van der Waals surface area (Å²) in [5.41, 5.74) is 8.25. The highest BCUT2D eigenvalue weighted by Gasteiger charge is 2.15. The molecule has 0 aliphatic rings. The molecular formula is C15H16N4. The van der Waals surface area contributed by atoms with E-state index in [0.717, 1.165) is 16.8 Å². The van der Waals surface area contributed by atoms with Crippen LogP contribution in [0.3, 0.4) is 0 Å². The Balaban J connectivity index is 2.28. The summed E-state index contributed by atoms with van der Waals surface area (Å²) in [6, 6.07) is 9.81. The number of hydrogen-bond donors (Lipinski definition) is 1. The molecule has 0 aromatic carbocycles. The molecule has 2 N–H and O–H groups in total. The van der Waals surface area contributed by atoms with Gasteiger partial charge in [-0.05, 0) is 29.7 Å². The van der Waals surface area contributed by atoms with E-state index in [2.05, 4.69) is 16.0 Å². The van der Waals surface area contributed by atoms with E-state index in [-0.39, 0.29) is 11.8 Å². The van der Waals surface area contributed by atoms with E-state index in [1.807, 2.05) is 32.0 Å². The molecule has 4 nitrogen and oxygen atoms in total. The van der Waals surface area contributed by atoms with Crippen LogP contribution in [-0.2, 0) is 0 Å². The molecule has 0 radical (unpaired) electrons. The van der Waals surface area contributed by atoms with Crippen LogP contribution in [-0.4, -0.2) is 9.97 Å². The third-order valence-electron chi connectivity index (χ3n) is 3.03. The molecule has 0 fully saturated rings. The lowest BCUT2D eigenvalue weighted by Gasteiger charge is -2.13. The van der Waals surface area contributed by atoms with Crippen molar-refractivity contribution in [2.75, 3.05) is 5.73 Å². The molecule has 19 heavy (non-hydrogen) atoms. The van der Waals surface area contributed by atoms with Gasteiger partial charge in [0.25, 0.3) is 0 Å². The Morgan fingerprint density at radius 3 is 2.37 bits per heavy atom. The molecule has 2 aromatic heterocycles. The van der Waals surface area contributed by atoms with Gasteiger partial charge in [-0.3, -0.25) is 4.98 Å². The van der Waals surface area contributed by atoms with Gasteiger partial charge >= 0.3 is 0 Å². The first-order valence-corrected chi connectivity index (χ1v) is 6.19. The van der Waals surface area contributed by atoms with Crippen LogP contribution in [0, 0.1) is 17.2 Å². The second-order valence-corrected chi connectivity index (χ2v) is 4.80. The number of nitrogen functional groups attached to an aromatic ring is 1. The summed E-state index contributed by atoms with van der Waals surface area (Å²) < 4.78 is 0. The minimum atomic E-state index is -0.119. The molecule has 0 bridgehead atoms. The fourth-order valence-electron chi connectivity index (χ4n) is 1.93. The second-order valence-electron chi connectivity index (χ2n) is 4.80. The van der Waals surface area contributed by atoms with Gasteiger partial charge in [0.15, 0.2) is 0 Å². The molecule has 2 heterocycles. The van der Waals surface area contributed by atoms with E-state index >= 15 is 0 Å². The van der Waals surface area contributed by atoms with E-state index < -0.39 is 0 Å². The van der Waals surface area contributed by atoms with Crippen LogP contribution >= 0.6 is 0 Å². The normalized spacial score (nSPS) is 12.1. The fourth-order valence-corrected chi connectivity index (χ4v) is 1.93. The van der Waals surface area contributed by atoms with Crippen molar-refractivity contribution in [3.8, 4) is 17.3 Å². The summed E-state index contributed by atoms with van der Waals surface area (Å²) in [7, 11) is 0. The van der Waals surface area contributed by atoms with Crippen LogP contribution in [0.4, 0.5) is 5.82 Å². The Morgan fingerprint density at radius 2 is 1.89 bits per heavy atom. The van der Waals surface area contributed by atoms with Gasteiger partial charge in [0.1, 0.15) is 5.82 Å². The molecule has 0 aliphatic heterocycles. The molecule has 1 unspecified atom stereocenters. The summed E-state index contributed by atoms with van der Waals surface area (Å²) in [5.74, 6) is 0.645. The predicted molar refractivity (Wildman–Crippen MR) is 75.1 cm³/mol. The van der Waals surface area contributed by atoms with Crippen LogP contribution < -0.4 is 5.73 Å². The maximum absolute atomic E-state index is 9.17. The molecule has 0 saturated heterocycles. The highest BCUT2D eigenvalue weighted by atomic mass is 14.8. The Hall–Kier alpha value is -2.41. The number of rotatable bonds is 3. The second kappa shape index (κ2) is 5.49. The van der Waals surface area contributed by atoms with Gasteiger partial charge in [-0.25, -0.2) is 4.98 Å². The van der Waals surface area contributed by atoms with Crippen molar-refractivity contribution < 1.29 is 0 Å². The van der Waals surface area contributed by atoms with Crippen LogP contribution in [0.15, 0.2) is 36.7 Å². The zero-order valence-electron chi connectivity index (χ0n) is 11.0. The largest absolute Gasteiger partial charge is 0.384 e. The predicted octanol–water partition coefficient (Wildman–Crippen LogP) is 2.99. The zero-order valence-corrected chi connectivity index (χ0v) is 11.0. The molecule has 0 amide bonds. The molecule has 2 aromatic rings. The van der Waals surface area contributed by atoms with Crippen molar-refractivity contribution in [1.29, 1.82) is 5.26 Å². The molecule has 2 rings (SSSR count). The maximum Gasteiger partial charge on any atom is 0.123 e. The topological polar surface area (TPSA) is 75.6 Å². The molecular weight excluding hydrogens is 236 g/mol. The van der Waals surface area contributed by atoms with Crippen LogP contribution in [0.1, 0.15) is 25.3 Å². The van der Waals surface area contributed by atoms with E-state index in [4.69, 9.17) is 11.0 Å². The minimum Gasteiger partial charge on any atom is -0.384 e. The van der Waals surface area contributed by atoms with Crippen molar-refractivity contribution in [2.45, 2.75) is 19.8 Å². The maximum atomic E-state index is 9.17. The van der Waals surface area contributed by atoms with E-state index in [9.17, 15) is 0 Å². The minimum absolute atomic E-state index is 0.119. The molecule has 96 valence electrons. The first kappa shape index (κ1) is 13.0. The average molecular weight is 252 g/mol. The lowest BCUT2D eigenvalue weighted by molar-refractivity contribution is 0.586. The van der Waals surface area contributed by atoms with Gasteiger partial charge in [0.05, 0.1) is 17.7 Å². The standard InChI is InChI=1S/C15H16N4/c1-10(2)13(7-16)11-3-5-14(18-8-11)12-4-6-15(17)19-9-12/h3-6,8-10,13H,1-2H3,(H2,17,19). The van der Waals surface area contributed by atoms with Gasteiger partial charge in [-0.1, -0.05) is 19.9 Å². The number of nitrogens with two attached hydrogens (primary N) is 1. The van der Waals surface area contributed by atoms with Crippen molar-refractivity contribution in [3.05, 3.63) is 42.2 Å². The van der Waals surface area contributed by atoms with Crippen molar-refractivity contribution in [3.63, 3.8) is 0 Å². The Morgan fingerprint density at radius 1 is 1.11 bits per heavy atom. The summed E-state index contributed by atoms with van der Waals surface area (Å²) in [5, 5.41) is 9.17. The number of nitriles is 1. The Kier molecular flexibility index (Phi) is 3.76. The van der Waals surface area contributed by atoms with Crippen LogP contribution in [0.5, 0.6) is 0 Å². The van der Waals surface area contributed by atoms with E-state index in [0.29, 0.717) is 5.82 Å². The van der Waals surface area contributed by atoms with Gasteiger partial charge < -0.3 is 5.73 Å². The van der Waals surface area contributed by atoms with Crippen molar-refractivity contribution >= 4 is 5.82 Å². The van der Waals surface area contributed by atoms with Gasteiger partial charge in [0, 0.05) is 18.0 Å². The first-order chi connectivity index (χ1) is 9.11. The molecule has 0 spiro atoms. The lowest BCUT2D eigenvalue weighted by atomic mass is 9.91. The smallest absolute Gasteiger partial charge is 0.123 e. The van der Waals surface area contributed by atoms with E-state index in [1.54, 1.807) is 18.5 Å². The van der Waals surface area contributed by atoms with Gasteiger partial charge in [-0.2, -0.15) is 5.26 Å². The number of aromatic nitrogens is 2. The van der Waals surface area contributed by atoms with E-state index in [1.165, 1.54) is 0 Å². The highest BCUT2D eigenvalue weighted by Crippen LogP contribution is 2.25. The molecule has 0 aliphatic carbocycles. The Labute approximate surface area is 112 Å². The number of anilines is 1. The first-order valence-electron chi connectivity index (χ1n) is 6.19. The molecule has 4 heteroatoms. The molecule has 1 atom stereocenters. The summed E-state index contributed by atoms with van der Waals surface area (Å²) in [6.45, 7) is 4.07. The Bertz CT molecular complexity index is 579. The molecule has 0 saturated carbocycles. The lowest BCUT2D eigenvalue weighted by Crippen LogP contribution is -2.04. The third-order valence-corrected chi connectivity index (χ3v) is 3.03. The summed E-state index contributed by atoms with van der Waals surface area (Å²) in [6.07, 6.45) is 3.46. The van der Waals surface area contributed by atoms with Crippen molar-refractivity contribution in [2.24, 2.45) is 5.92 Å². The zero-order chi connectivity index (χ0) is 13.8. The van der Waals surface area contributed by atoms with Crippen molar-refractivity contribution in [1.82, 2.24) is 9.97 Å². The van der Waals surface area contributed by atoms with Crippen LogP contribution in [0.25, 0.3) is 11.3 Å². The van der Waals surface area contributed by atoms with Crippen LogP contribution in [0.2, 0.25) is 0 Å². The third kappa shape index (κ3) is 2.89. The number of nitrogens with zero attached hydrogens (tertiary/aromatic N) is 3. The summed E-state index contributed by atoms with van der Waals surface area (Å²) in [4.78, 5) is 8.44. The van der Waals surface area contributed by atoms with Gasteiger partial charge in [0.2, 0.25) is 0 Å². The number of pyridine rings is 2. The highest BCUT2D eigenvalue weighted by molar-refractivity contribution is 5.59. The number of hydrogen-bond acceptors (Lipinski definition) is 4. The fraction of sp³-hybridized carbons (Fsp3) is 0.267. The summed E-state index contributed by atoms with van der Waals surface area (Å²) >= 11 is 0. The monoisotopic (exact) mass is 252 g/mol. The quantitative estimate of drug-likeness (QED) is 0.911. The SMILES string of the molecule is CC(C)C(C#N)c1ccc(-c2ccc(N)nc2)nc1. The van der Waals surface area contributed by atoms with Gasteiger partial charge in [-0.15, -0.1) is 0 Å². The average Bonchev–Trinajstić information content (AvgIpc) is 2.41.